The number of hydrogen-bond donors (Lipinski definition) is 1. The predicted molar refractivity (Wildman–Crippen MR) is 103 cm³/mol. The smallest absolute Gasteiger partial charge is 0.230 e. The van der Waals surface area contributed by atoms with Gasteiger partial charge in [-0.2, -0.15) is 0 Å². The second kappa shape index (κ2) is 8.02. The first-order chi connectivity index (χ1) is 11.7. The number of fused-ring (bicyclic) bond motifs is 1. The van der Waals surface area contributed by atoms with E-state index < -0.39 is 0 Å². The third-order valence-electron chi connectivity index (χ3n) is 4.06. The molecule has 0 aliphatic heterocycles. The Bertz CT molecular complexity index is 844. The molecule has 0 aliphatic rings. The van der Waals surface area contributed by atoms with Crippen LogP contribution in [-0.4, -0.2) is 11.7 Å². The van der Waals surface area contributed by atoms with Crippen molar-refractivity contribution in [2.24, 2.45) is 0 Å². The van der Waals surface area contributed by atoms with Crippen LogP contribution >= 0.6 is 11.8 Å². The average Bonchev–Trinajstić information content (AvgIpc) is 2.61. The van der Waals surface area contributed by atoms with Crippen molar-refractivity contribution in [2.75, 3.05) is 5.75 Å². The van der Waals surface area contributed by atoms with Crippen molar-refractivity contribution in [3.05, 3.63) is 83.4 Å². The summed E-state index contributed by atoms with van der Waals surface area (Å²) in [5.41, 5.74) is 3.71. The first kappa shape index (κ1) is 16.6. The van der Waals surface area contributed by atoms with Crippen molar-refractivity contribution in [1.82, 2.24) is 5.32 Å². The zero-order valence-corrected chi connectivity index (χ0v) is 14.6. The third-order valence-corrected chi connectivity index (χ3v) is 5.04. The maximum absolute atomic E-state index is 12.0. The summed E-state index contributed by atoms with van der Waals surface area (Å²) in [5.74, 6) is 1.44. The molecule has 0 aliphatic carbocycles. The van der Waals surface area contributed by atoms with Crippen LogP contribution in [0, 0.1) is 6.92 Å². The lowest BCUT2D eigenvalue weighted by Crippen LogP contribution is -2.24. The molecule has 0 bridgehead atoms. The van der Waals surface area contributed by atoms with Crippen molar-refractivity contribution < 1.29 is 4.79 Å². The Morgan fingerprint density at radius 1 is 0.958 bits per heavy atom. The molecule has 0 heterocycles. The normalized spacial score (nSPS) is 10.7. The van der Waals surface area contributed by atoms with E-state index in [2.05, 4.69) is 54.7 Å². The Labute approximate surface area is 147 Å². The molecule has 24 heavy (non-hydrogen) atoms. The average molecular weight is 335 g/mol. The van der Waals surface area contributed by atoms with Gasteiger partial charge in [-0.25, -0.2) is 0 Å². The summed E-state index contributed by atoms with van der Waals surface area (Å²) in [5, 5.41) is 5.43. The number of carbonyl (C=O) groups is 1. The van der Waals surface area contributed by atoms with E-state index in [1.165, 1.54) is 21.9 Å². The maximum Gasteiger partial charge on any atom is 0.230 e. The van der Waals surface area contributed by atoms with E-state index in [0.717, 1.165) is 11.3 Å². The van der Waals surface area contributed by atoms with Crippen LogP contribution in [0.5, 0.6) is 0 Å². The van der Waals surface area contributed by atoms with Crippen LogP contribution < -0.4 is 5.32 Å². The van der Waals surface area contributed by atoms with Crippen LogP contribution in [0.3, 0.4) is 0 Å². The molecule has 3 aromatic carbocycles. The Kier molecular flexibility index (Phi) is 5.55. The number of benzene rings is 3. The van der Waals surface area contributed by atoms with Gasteiger partial charge in [-0.15, -0.1) is 11.8 Å². The molecule has 0 radical (unpaired) electrons. The lowest BCUT2D eigenvalue weighted by atomic mass is 10.1. The van der Waals surface area contributed by atoms with Gasteiger partial charge in [0.1, 0.15) is 0 Å². The number of carbonyl (C=O) groups excluding carboxylic acids is 1. The van der Waals surface area contributed by atoms with E-state index in [4.69, 9.17) is 0 Å². The van der Waals surface area contributed by atoms with Crippen molar-refractivity contribution in [3.63, 3.8) is 0 Å². The summed E-state index contributed by atoms with van der Waals surface area (Å²) in [4.78, 5) is 12.0. The van der Waals surface area contributed by atoms with Crippen LogP contribution in [0.4, 0.5) is 0 Å². The molecule has 0 fully saturated rings. The molecule has 1 amide bonds. The fourth-order valence-electron chi connectivity index (χ4n) is 2.63. The summed E-state index contributed by atoms with van der Waals surface area (Å²) in [6, 6.07) is 22.9. The molecule has 122 valence electrons. The molecule has 3 aromatic rings. The molecular formula is C21H21NOS. The van der Waals surface area contributed by atoms with Gasteiger partial charge in [0.05, 0.1) is 5.75 Å². The van der Waals surface area contributed by atoms with Gasteiger partial charge in [0.2, 0.25) is 5.91 Å². The van der Waals surface area contributed by atoms with Crippen LogP contribution in [-0.2, 0) is 17.1 Å². The standard InChI is InChI=1S/C21H21NOS/c1-16-6-2-3-9-20(16)14-24-15-21(23)22-13-17-10-11-18-7-4-5-8-19(18)12-17/h2-12H,13-15H2,1H3,(H,22,23). The Morgan fingerprint density at radius 3 is 2.54 bits per heavy atom. The zero-order valence-electron chi connectivity index (χ0n) is 13.8. The molecular weight excluding hydrogens is 314 g/mol. The van der Waals surface area contributed by atoms with Gasteiger partial charge in [-0.1, -0.05) is 60.7 Å². The van der Waals surface area contributed by atoms with Crippen molar-refractivity contribution in [1.29, 1.82) is 0 Å². The van der Waals surface area contributed by atoms with E-state index in [0.29, 0.717) is 12.3 Å². The molecule has 1 N–H and O–H groups in total. The van der Waals surface area contributed by atoms with E-state index in [9.17, 15) is 4.79 Å². The minimum Gasteiger partial charge on any atom is -0.351 e. The molecule has 0 saturated carbocycles. The molecule has 2 nitrogen and oxygen atoms in total. The highest BCUT2D eigenvalue weighted by atomic mass is 32.2. The molecule has 0 spiro atoms. The van der Waals surface area contributed by atoms with E-state index in [1.54, 1.807) is 11.8 Å². The summed E-state index contributed by atoms with van der Waals surface area (Å²) >= 11 is 1.65. The first-order valence-electron chi connectivity index (χ1n) is 8.09. The van der Waals surface area contributed by atoms with Crippen LogP contribution in [0.25, 0.3) is 10.8 Å². The Morgan fingerprint density at radius 2 is 1.71 bits per heavy atom. The SMILES string of the molecule is Cc1ccccc1CSCC(=O)NCc1ccc2ccccc2c1. The number of nitrogens with one attached hydrogen (secondary N) is 1. The summed E-state index contributed by atoms with van der Waals surface area (Å²) in [6.07, 6.45) is 0. The quantitative estimate of drug-likeness (QED) is 0.707. The van der Waals surface area contributed by atoms with E-state index in [1.807, 2.05) is 24.3 Å². The van der Waals surface area contributed by atoms with Crippen molar-refractivity contribution in [3.8, 4) is 0 Å². The summed E-state index contributed by atoms with van der Waals surface area (Å²) in [6.45, 7) is 2.68. The minimum atomic E-state index is 0.0849. The highest BCUT2D eigenvalue weighted by Gasteiger charge is 2.04. The van der Waals surface area contributed by atoms with Gasteiger partial charge in [-0.3, -0.25) is 4.79 Å². The lowest BCUT2D eigenvalue weighted by Gasteiger charge is -2.08. The second-order valence-electron chi connectivity index (χ2n) is 5.88. The fourth-order valence-corrected chi connectivity index (χ4v) is 3.56. The molecule has 3 rings (SSSR count). The number of aryl methyl sites for hydroxylation is 1. The number of thioether (sulfide) groups is 1. The van der Waals surface area contributed by atoms with Crippen molar-refractivity contribution in [2.45, 2.75) is 19.2 Å². The summed E-state index contributed by atoms with van der Waals surface area (Å²) in [7, 11) is 0. The summed E-state index contributed by atoms with van der Waals surface area (Å²) < 4.78 is 0. The topological polar surface area (TPSA) is 29.1 Å². The van der Waals surface area contributed by atoms with Crippen LogP contribution in [0.15, 0.2) is 66.7 Å². The maximum atomic E-state index is 12.0. The molecule has 0 saturated heterocycles. The van der Waals surface area contributed by atoms with Gasteiger partial charge in [0, 0.05) is 12.3 Å². The first-order valence-corrected chi connectivity index (χ1v) is 9.24. The fraction of sp³-hybridized carbons (Fsp3) is 0.190. The minimum absolute atomic E-state index is 0.0849. The number of hydrogen-bond acceptors (Lipinski definition) is 2. The monoisotopic (exact) mass is 335 g/mol. The van der Waals surface area contributed by atoms with Crippen LogP contribution in [0.1, 0.15) is 16.7 Å². The van der Waals surface area contributed by atoms with Crippen LogP contribution in [0.2, 0.25) is 0 Å². The second-order valence-corrected chi connectivity index (χ2v) is 6.86. The number of amides is 1. The predicted octanol–water partition coefficient (Wildman–Crippen LogP) is 4.70. The van der Waals surface area contributed by atoms with Gasteiger partial charge in [-0.05, 0) is 40.5 Å². The Balaban J connectivity index is 1.47. The highest BCUT2D eigenvalue weighted by molar-refractivity contribution is 7.99. The molecule has 0 aromatic heterocycles. The van der Waals surface area contributed by atoms with E-state index >= 15 is 0 Å². The molecule has 3 heteroatoms. The number of rotatable bonds is 6. The third kappa shape index (κ3) is 4.39. The zero-order chi connectivity index (χ0) is 16.8. The Hall–Kier alpha value is -2.26. The van der Waals surface area contributed by atoms with Gasteiger partial charge < -0.3 is 5.32 Å². The highest BCUT2D eigenvalue weighted by Crippen LogP contribution is 2.17. The van der Waals surface area contributed by atoms with E-state index in [-0.39, 0.29) is 5.91 Å². The van der Waals surface area contributed by atoms with Crippen molar-refractivity contribution >= 4 is 28.4 Å². The van der Waals surface area contributed by atoms with Gasteiger partial charge in [0.25, 0.3) is 0 Å². The lowest BCUT2D eigenvalue weighted by molar-refractivity contribution is -0.118. The molecule has 0 unspecified atom stereocenters. The largest absolute Gasteiger partial charge is 0.351 e. The van der Waals surface area contributed by atoms with Gasteiger partial charge in [0.15, 0.2) is 0 Å². The van der Waals surface area contributed by atoms with Gasteiger partial charge >= 0.3 is 0 Å². The molecule has 0 atom stereocenters.